The minimum atomic E-state index is -1.08. The van der Waals surface area contributed by atoms with Crippen LogP contribution in [0.3, 0.4) is 0 Å². The van der Waals surface area contributed by atoms with Crippen LogP contribution in [0.4, 0.5) is 0 Å². The molecule has 1 aliphatic heterocycles. The number of nitrogens with zero attached hydrogens (tertiary/aromatic N) is 1. The summed E-state index contributed by atoms with van der Waals surface area (Å²) in [6.07, 6.45) is 2.36. The van der Waals surface area contributed by atoms with Crippen molar-refractivity contribution in [3.8, 4) is 0 Å². The molecule has 2 unspecified atom stereocenters. The maximum atomic E-state index is 12.1. The summed E-state index contributed by atoms with van der Waals surface area (Å²) in [6, 6.07) is -1.48. The monoisotopic (exact) mass is 270 g/mol. The SMILES string of the molecule is CC(C)C(=O)N1CCCCC1C(=O)NC(C)C(=O)O. The number of amides is 2. The molecule has 108 valence electrons. The van der Waals surface area contributed by atoms with E-state index in [1.165, 1.54) is 6.92 Å². The summed E-state index contributed by atoms with van der Waals surface area (Å²) < 4.78 is 0. The number of likely N-dealkylation sites (tertiary alicyclic amines) is 1. The van der Waals surface area contributed by atoms with Crippen molar-refractivity contribution in [3.05, 3.63) is 0 Å². The van der Waals surface area contributed by atoms with Gasteiger partial charge < -0.3 is 15.3 Å². The highest BCUT2D eigenvalue weighted by atomic mass is 16.4. The molecule has 0 saturated carbocycles. The Labute approximate surface area is 113 Å². The van der Waals surface area contributed by atoms with Crippen molar-refractivity contribution in [1.29, 1.82) is 0 Å². The molecule has 0 radical (unpaired) electrons. The molecule has 6 nitrogen and oxygen atoms in total. The van der Waals surface area contributed by atoms with Crippen molar-refractivity contribution in [1.82, 2.24) is 10.2 Å². The van der Waals surface area contributed by atoms with Gasteiger partial charge in [-0.1, -0.05) is 13.8 Å². The number of hydrogen-bond donors (Lipinski definition) is 2. The minimum Gasteiger partial charge on any atom is -0.480 e. The van der Waals surface area contributed by atoms with Gasteiger partial charge in [-0.3, -0.25) is 14.4 Å². The molecule has 2 atom stereocenters. The van der Waals surface area contributed by atoms with E-state index >= 15 is 0 Å². The van der Waals surface area contributed by atoms with Crippen LogP contribution in [0, 0.1) is 5.92 Å². The van der Waals surface area contributed by atoms with Crippen LogP contribution in [-0.4, -0.2) is 46.4 Å². The van der Waals surface area contributed by atoms with Crippen molar-refractivity contribution in [2.45, 2.75) is 52.1 Å². The van der Waals surface area contributed by atoms with Gasteiger partial charge in [0.25, 0.3) is 0 Å². The van der Waals surface area contributed by atoms with Gasteiger partial charge in [-0.15, -0.1) is 0 Å². The molecule has 1 fully saturated rings. The molecule has 0 aromatic rings. The van der Waals surface area contributed by atoms with Crippen molar-refractivity contribution in [2.24, 2.45) is 5.92 Å². The standard InChI is InChI=1S/C13H22N2O4/c1-8(2)12(17)15-7-5-4-6-10(15)11(16)14-9(3)13(18)19/h8-10H,4-7H2,1-3H3,(H,14,16)(H,18,19). The average molecular weight is 270 g/mol. The Morgan fingerprint density at radius 1 is 1.21 bits per heavy atom. The number of rotatable bonds is 4. The molecule has 1 saturated heterocycles. The normalized spacial score (nSPS) is 21.1. The van der Waals surface area contributed by atoms with Gasteiger partial charge in [-0.2, -0.15) is 0 Å². The van der Waals surface area contributed by atoms with E-state index in [2.05, 4.69) is 5.32 Å². The van der Waals surface area contributed by atoms with Crippen LogP contribution in [0.5, 0.6) is 0 Å². The lowest BCUT2D eigenvalue weighted by Gasteiger charge is -2.36. The molecular formula is C13H22N2O4. The zero-order valence-electron chi connectivity index (χ0n) is 11.7. The number of carboxylic acids is 1. The van der Waals surface area contributed by atoms with E-state index in [1.54, 1.807) is 18.7 Å². The molecule has 1 heterocycles. The van der Waals surface area contributed by atoms with E-state index in [0.717, 1.165) is 12.8 Å². The number of piperidine rings is 1. The lowest BCUT2D eigenvalue weighted by Crippen LogP contribution is -2.55. The quantitative estimate of drug-likeness (QED) is 0.783. The summed E-state index contributed by atoms with van der Waals surface area (Å²) in [5.74, 6) is -1.66. The molecular weight excluding hydrogens is 248 g/mol. The number of carboxylic acid groups (broad SMARTS) is 1. The highest BCUT2D eigenvalue weighted by molar-refractivity contribution is 5.90. The van der Waals surface area contributed by atoms with Gasteiger partial charge in [0.05, 0.1) is 0 Å². The fourth-order valence-corrected chi connectivity index (χ4v) is 2.17. The summed E-state index contributed by atoms with van der Waals surface area (Å²) >= 11 is 0. The number of nitrogens with one attached hydrogen (secondary N) is 1. The van der Waals surface area contributed by atoms with Crippen LogP contribution in [0.15, 0.2) is 0 Å². The van der Waals surface area contributed by atoms with Crippen LogP contribution < -0.4 is 5.32 Å². The van der Waals surface area contributed by atoms with Gasteiger partial charge in [0.15, 0.2) is 0 Å². The van der Waals surface area contributed by atoms with E-state index in [9.17, 15) is 14.4 Å². The van der Waals surface area contributed by atoms with E-state index in [1.807, 2.05) is 0 Å². The van der Waals surface area contributed by atoms with E-state index in [0.29, 0.717) is 13.0 Å². The lowest BCUT2D eigenvalue weighted by atomic mass is 9.99. The highest BCUT2D eigenvalue weighted by Gasteiger charge is 2.33. The fraction of sp³-hybridized carbons (Fsp3) is 0.769. The maximum absolute atomic E-state index is 12.1. The Kier molecular flexibility index (Phi) is 5.32. The lowest BCUT2D eigenvalue weighted by molar-refractivity contribution is -0.146. The largest absolute Gasteiger partial charge is 0.480 e. The van der Waals surface area contributed by atoms with Gasteiger partial charge in [0, 0.05) is 12.5 Å². The third-order valence-corrected chi connectivity index (χ3v) is 3.31. The second-order valence-electron chi connectivity index (χ2n) is 5.27. The van der Waals surface area contributed by atoms with Gasteiger partial charge in [0.2, 0.25) is 11.8 Å². The molecule has 6 heteroatoms. The van der Waals surface area contributed by atoms with Gasteiger partial charge >= 0.3 is 5.97 Å². The van der Waals surface area contributed by atoms with Crippen molar-refractivity contribution in [3.63, 3.8) is 0 Å². The van der Waals surface area contributed by atoms with Crippen molar-refractivity contribution < 1.29 is 19.5 Å². The Hall–Kier alpha value is -1.59. The van der Waals surface area contributed by atoms with Gasteiger partial charge in [-0.25, -0.2) is 0 Å². The summed E-state index contributed by atoms with van der Waals surface area (Å²) in [4.78, 5) is 36.5. The zero-order chi connectivity index (χ0) is 14.6. The summed E-state index contributed by atoms with van der Waals surface area (Å²) in [5, 5.41) is 11.2. The van der Waals surface area contributed by atoms with Crippen LogP contribution in [0.2, 0.25) is 0 Å². The molecule has 19 heavy (non-hydrogen) atoms. The number of aliphatic carboxylic acids is 1. The van der Waals surface area contributed by atoms with Crippen LogP contribution in [-0.2, 0) is 14.4 Å². The molecule has 0 aromatic heterocycles. The Morgan fingerprint density at radius 2 is 1.84 bits per heavy atom. The molecule has 0 bridgehead atoms. The van der Waals surface area contributed by atoms with Crippen molar-refractivity contribution >= 4 is 17.8 Å². The minimum absolute atomic E-state index is 0.0529. The molecule has 1 rings (SSSR count). The second-order valence-corrected chi connectivity index (χ2v) is 5.27. The average Bonchev–Trinajstić information content (AvgIpc) is 2.37. The topological polar surface area (TPSA) is 86.7 Å². The molecule has 0 spiro atoms. The number of carbonyl (C=O) groups excluding carboxylic acids is 2. The first-order valence-electron chi connectivity index (χ1n) is 6.68. The Balaban J connectivity index is 2.74. The van der Waals surface area contributed by atoms with E-state index in [4.69, 9.17) is 5.11 Å². The van der Waals surface area contributed by atoms with Crippen LogP contribution >= 0.6 is 0 Å². The Morgan fingerprint density at radius 3 is 2.37 bits per heavy atom. The van der Waals surface area contributed by atoms with Crippen LogP contribution in [0.25, 0.3) is 0 Å². The summed E-state index contributed by atoms with van der Waals surface area (Å²) in [5.41, 5.74) is 0. The Bertz CT molecular complexity index is 368. The predicted octanol–water partition coefficient (Wildman–Crippen LogP) is 0.613. The third kappa shape index (κ3) is 3.94. The first-order valence-corrected chi connectivity index (χ1v) is 6.68. The van der Waals surface area contributed by atoms with E-state index < -0.39 is 18.1 Å². The van der Waals surface area contributed by atoms with Crippen molar-refractivity contribution in [2.75, 3.05) is 6.54 Å². The van der Waals surface area contributed by atoms with Crippen LogP contribution in [0.1, 0.15) is 40.0 Å². The first kappa shape index (κ1) is 15.5. The third-order valence-electron chi connectivity index (χ3n) is 3.31. The number of carbonyl (C=O) groups is 3. The molecule has 0 aliphatic carbocycles. The number of hydrogen-bond acceptors (Lipinski definition) is 3. The summed E-state index contributed by atoms with van der Waals surface area (Å²) in [7, 11) is 0. The first-order chi connectivity index (χ1) is 8.84. The predicted molar refractivity (Wildman–Crippen MR) is 69.4 cm³/mol. The van der Waals surface area contributed by atoms with E-state index in [-0.39, 0.29) is 17.7 Å². The molecule has 2 N–H and O–H groups in total. The smallest absolute Gasteiger partial charge is 0.325 e. The summed E-state index contributed by atoms with van der Waals surface area (Å²) in [6.45, 7) is 5.58. The molecule has 2 amide bonds. The van der Waals surface area contributed by atoms with Gasteiger partial charge in [-0.05, 0) is 26.2 Å². The fourth-order valence-electron chi connectivity index (χ4n) is 2.17. The highest BCUT2D eigenvalue weighted by Crippen LogP contribution is 2.19. The maximum Gasteiger partial charge on any atom is 0.325 e. The second kappa shape index (κ2) is 6.54. The molecule has 0 aromatic carbocycles. The van der Waals surface area contributed by atoms with Gasteiger partial charge in [0.1, 0.15) is 12.1 Å². The zero-order valence-corrected chi connectivity index (χ0v) is 11.7. The molecule has 1 aliphatic rings.